The zero-order valence-electron chi connectivity index (χ0n) is 15.2. The molecular weight excluding hydrogens is 368 g/mol. The maximum atomic E-state index is 12.3. The minimum Gasteiger partial charge on any atom is -0.493 e. The van der Waals surface area contributed by atoms with Gasteiger partial charge in [-0.3, -0.25) is 4.79 Å². The average molecular weight is 387 g/mol. The molecule has 0 fully saturated rings. The fraction of sp³-hybridized carbons (Fsp3) is 0.200. The number of ether oxygens (including phenoxy) is 3. The van der Waals surface area contributed by atoms with Gasteiger partial charge in [0.2, 0.25) is 5.75 Å². The third-order valence-corrected chi connectivity index (χ3v) is 4.27. The second-order valence-corrected chi connectivity index (χ2v) is 6.24. The standard InChI is InChI=1S/C20H19ClN2O4/c1-25-16-9-13(10-17(26-2)19(16)27-3)8-15-20(24)23-18(22-15)11-12-4-6-14(21)7-5-12/h4-10H,11H2,1-3H3,(H,22,23,24)/b15-8+. The molecule has 0 saturated carbocycles. The summed E-state index contributed by atoms with van der Waals surface area (Å²) in [5.74, 6) is 1.83. The van der Waals surface area contributed by atoms with Crippen LogP contribution in [-0.2, 0) is 11.2 Å². The molecule has 0 atom stereocenters. The van der Waals surface area contributed by atoms with Gasteiger partial charge in [-0.2, -0.15) is 0 Å². The Bertz CT molecular complexity index is 895. The Morgan fingerprint density at radius 3 is 2.22 bits per heavy atom. The van der Waals surface area contributed by atoms with Crippen molar-refractivity contribution in [2.24, 2.45) is 4.99 Å². The minimum atomic E-state index is -0.257. The molecule has 6 nitrogen and oxygen atoms in total. The summed E-state index contributed by atoms with van der Waals surface area (Å²) in [5.41, 5.74) is 2.03. The molecule has 1 heterocycles. The SMILES string of the molecule is COc1cc(/C=C2/N=C(Cc3ccc(Cl)cc3)NC2=O)cc(OC)c1OC. The molecule has 1 amide bonds. The van der Waals surface area contributed by atoms with Crippen LogP contribution < -0.4 is 19.5 Å². The zero-order valence-corrected chi connectivity index (χ0v) is 16.0. The first-order chi connectivity index (χ1) is 13.0. The minimum absolute atomic E-state index is 0.257. The fourth-order valence-electron chi connectivity index (χ4n) is 2.74. The van der Waals surface area contributed by atoms with E-state index in [1.165, 1.54) is 7.11 Å². The van der Waals surface area contributed by atoms with Crippen LogP contribution in [0.4, 0.5) is 0 Å². The van der Waals surface area contributed by atoms with E-state index >= 15 is 0 Å². The van der Waals surface area contributed by atoms with Gasteiger partial charge in [0, 0.05) is 11.4 Å². The highest BCUT2D eigenvalue weighted by Crippen LogP contribution is 2.38. The van der Waals surface area contributed by atoms with Crippen LogP contribution in [-0.4, -0.2) is 33.1 Å². The van der Waals surface area contributed by atoms with E-state index in [1.54, 1.807) is 44.6 Å². The lowest BCUT2D eigenvalue weighted by atomic mass is 10.1. The third kappa shape index (κ3) is 4.23. The summed E-state index contributed by atoms with van der Waals surface area (Å²) in [7, 11) is 4.62. The number of nitrogens with one attached hydrogen (secondary N) is 1. The maximum Gasteiger partial charge on any atom is 0.275 e. The number of nitrogens with zero attached hydrogens (tertiary/aromatic N) is 1. The van der Waals surface area contributed by atoms with E-state index < -0.39 is 0 Å². The van der Waals surface area contributed by atoms with Gasteiger partial charge in [-0.15, -0.1) is 0 Å². The van der Waals surface area contributed by atoms with Crippen LogP contribution in [0.15, 0.2) is 47.1 Å². The van der Waals surface area contributed by atoms with Crippen LogP contribution >= 0.6 is 11.6 Å². The number of hydrogen-bond donors (Lipinski definition) is 1. The number of benzene rings is 2. The third-order valence-electron chi connectivity index (χ3n) is 4.02. The van der Waals surface area contributed by atoms with Gasteiger partial charge in [0.1, 0.15) is 11.5 Å². The van der Waals surface area contributed by atoms with Crippen LogP contribution in [0.5, 0.6) is 17.2 Å². The monoisotopic (exact) mass is 386 g/mol. The highest BCUT2D eigenvalue weighted by atomic mass is 35.5. The molecule has 140 valence electrons. The normalized spacial score (nSPS) is 14.7. The molecule has 0 radical (unpaired) electrons. The van der Waals surface area contributed by atoms with Crippen molar-refractivity contribution in [2.45, 2.75) is 6.42 Å². The van der Waals surface area contributed by atoms with Crippen LogP contribution in [0.3, 0.4) is 0 Å². The number of rotatable bonds is 6. The van der Waals surface area contributed by atoms with Crippen LogP contribution in [0.1, 0.15) is 11.1 Å². The van der Waals surface area contributed by atoms with Gasteiger partial charge >= 0.3 is 0 Å². The molecule has 1 N–H and O–H groups in total. The predicted octanol–water partition coefficient (Wildman–Crippen LogP) is 3.48. The highest BCUT2D eigenvalue weighted by Gasteiger charge is 2.21. The second-order valence-electron chi connectivity index (χ2n) is 5.80. The van der Waals surface area contributed by atoms with Crippen molar-refractivity contribution in [3.05, 3.63) is 58.2 Å². The number of hydrogen-bond acceptors (Lipinski definition) is 5. The van der Waals surface area contributed by atoms with Gasteiger partial charge in [-0.1, -0.05) is 23.7 Å². The Morgan fingerprint density at radius 2 is 1.67 bits per heavy atom. The Balaban J connectivity index is 1.88. The van der Waals surface area contributed by atoms with E-state index in [2.05, 4.69) is 10.3 Å². The van der Waals surface area contributed by atoms with Crippen LogP contribution in [0.2, 0.25) is 5.02 Å². The maximum absolute atomic E-state index is 12.3. The molecule has 3 rings (SSSR count). The van der Waals surface area contributed by atoms with Crippen molar-refractivity contribution >= 4 is 29.4 Å². The van der Waals surface area contributed by atoms with E-state index in [4.69, 9.17) is 25.8 Å². The summed E-state index contributed by atoms with van der Waals surface area (Å²) < 4.78 is 16.0. The summed E-state index contributed by atoms with van der Waals surface area (Å²) in [6.07, 6.45) is 2.18. The van der Waals surface area contributed by atoms with Gasteiger partial charge in [0.15, 0.2) is 11.5 Å². The summed E-state index contributed by atoms with van der Waals surface area (Å²) in [4.78, 5) is 16.7. The molecule has 1 aliphatic rings. The second kappa shape index (κ2) is 8.14. The van der Waals surface area contributed by atoms with Crippen molar-refractivity contribution in [3.8, 4) is 17.2 Å². The first kappa shape index (κ1) is 18.8. The van der Waals surface area contributed by atoms with Gasteiger partial charge < -0.3 is 19.5 Å². The van der Waals surface area contributed by atoms with E-state index in [1.807, 2.05) is 12.1 Å². The molecule has 0 spiro atoms. The van der Waals surface area contributed by atoms with Gasteiger partial charge in [0.05, 0.1) is 21.3 Å². The number of carbonyl (C=O) groups excluding carboxylic acids is 1. The van der Waals surface area contributed by atoms with E-state index in [0.29, 0.717) is 45.8 Å². The number of carbonyl (C=O) groups is 1. The summed E-state index contributed by atoms with van der Waals surface area (Å²) in [6, 6.07) is 10.9. The van der Waals surface area contributed by atoms with Gasteiger partial charge in [-0.05, 0) is 41.5 Å². The number of halogens is 1. The smallest absolute Gasteiger partial charge is 0.275 e. The Hall–Kier alpha value is -2.99. The number of methoxy groups -OCH3 is 3. The van der Waals surface area contributed by atoms with E-state index in [9.17, 15) is 4.79 Å². The van der Waals surface area contributed by atoms with Crippen molar-refractivity contribution in [3.63, 3.8) is 0 Å². The Morgan fingerprint density at radius 1 is 1.04 bits per heavy atom. The molecule has 0 aliphatic carbocycles. The topological polar surface area (TPSA) is 69.2 Å². The number of aliphatic imine (C=N–C) groups is 1. The lowest BCUT2D eigenvalue weighted by molar-refractivity contribution is -0.115. The van der Waals surface area contributed by atoms with Crippen molar-refractivity contribution < 1.29 is 19.0 Å². The van der Waals surface area contributed by atoms with E-state index in [-0.39, 0.29) is 5.91 Å². The number of amides is 1. The molecule has 0 unspecified atom stereocenters. The molecule has 1 aliphatic heterocycles. The van der Waals surface area contributed by atoms with Crippen molar-refractivity contribution in [1.82, 2.24) is 5.32 Å². The molecule has 0 aromatic heterocycles. The first-order valence-corrected chi connectivity index (χ1v) is 8.57. The fourth-order valence-corrected chi connectivity index (χ4v) is 2.86. The largest absolute Gasteiger partial charge is 0.493 e. The van der Waals surface area contributed by atoms with Gasteiger partial charge in [0.25, 0.3) is 5.91 Å². The van der Waals surface area contributed by atoms with E-state index in [0.717, 1.165) is 5.56 Å². The van der Waals surface area contributed by atoms with Gasteiger partial charge in [-0.25, -0.2) is 4.99 Å². The summed E-state index contributed by atoms with van der Waals surface area (Å²) >= 11 is 5.90. The molecule has 27 heavy (non-hydrogen) atoms. The lowest BCUT2D eigenvalue weighted by Crippen LogP contribution is -2.25. The van der Waals surface area contributed by atoms with Crippen molar-refractivity contribution in [1.29, 1.82) is 0 Å². The molecule has 2 aromatic rings. The molecule has 7 heteroatoms. The van der Waals surface area contributed by atoms with Crippen LogP contribution in [0.25, 0.3) is 6.08 Å². The average Bonchev–Trinajstić information content (AvgIpc) is 3.01. The molecular formula is C20H19ClN2O4. The Labute approximate surface area is 162 Å². The number of amidine groups is 1. The summed E-state index contributed by atoms with van der Waals surface area (Å²) in [6.45, 7) is 0. The first-order valence-electron chi connectivity index (χ1n) is 8.19. The summed E-state index contributed by atoms with van der Waals surface area (Å²) in [5, 5.41) is 3.46. The van der Waals surface area contributed by atoms with Crippen molar-refractivity contribution in [2.75, 3.05) is 21.3 Å². The quantitative estimate of drug-likeness (QED) is 0.772. The predicted molar refractivity (Wildman–Crippen MR) is 105 cm³/mol. The zero-order chi connectivity index (χ0) is 19.4. The lowest BCUT2D eigenvalue weighted by Gasteiger charge is -2.12. The molecule has 0 saturated heterocycles. The van der Waals surface area contributed by atoms with Crippen LogP contribution in [0, 0.1) is 0 Å². The molecule has 0 bridgehead atoms. The Kier molecular flexibility index (Phi) is 5.66. The molecule has 2 aromatic carbocycles. The highest BCUT2D eigenvalue weighted by molar-refractivity contribution is 6.30.